The van der Waals surface area contributed by atoms with E-state index in [0.717, 1.165) is 12.0 Å². The molecule has 0 amide bonds. The molecular weight excluding hydrogens is 273 g/mol. The van der Waals surface area contributed by atoms with Crippen LogP contribution in [0.4, 0.5) is 0 Å². The maximum Gasteiger partial charge on any atom is 0.0482 e. The minimum absolute atomic E-state index is 0.0417. The van der Waals surface area contributed by atoms with Gasteiger partial charge in [0.1, 0.15) is 0 Å². The Balaban J connectivity index is 2.04. The first-order chi connectivity index (χ1) is 10.3. The summed E-state index contributed by atoms with van der Waals surface area (Å²) < 4.78 is 0. The molecule has 1 radical (unpaired) electrons. The van der Waals surface area contributed by atoms with Gasteiger partial charge < -0.3 is 5.73 Å². The largest absolute Gasteiger partial charge is 0.324 e. The smallest absolute Gasteiger partial charge is 0.0482 e. The van der Waals surface area contributed by atoms with E-state index >= 15 is 0 Å². The molecule has 2 heteroatoms. The summed E-state index contributed by atoms with van der Waals surface area (Å²) in [6, 6.07) is 10.6. The van der Waals surface area contributed by atoms with Crippen molar-refractivity contribution in [2.75, 3.05) is 0 Å². The molecule has 1 aromatic rings. The molecule has 0 saturated carbocycles. The van der Waals surface area contributed by atoms with Crippen molar-refractivity contribution in [3.05, 3.63) is 88.4 Å². The number of allylic oxidation sites excluding steroid dienone is 4. The molecule has 0 aliphatic heterocycles. The molecule has 103 valence electrons. The second-order valence-corrected chi connectivity index (χ2v) is 7.29. The molecule has 0 fully saturated rings. The van der Waals surface area contributed by atoms with Gasteiger partial charge in [-0.05, 0) is 37.6 Å². The molecular formula is C19H17NP. The molecule has 0 bridgehead atoms. The molecule has 2 N–H and O–H groups in total. The average Bonchev–Trinajstić information content (AvgIpc) is 2.99. The van der Waals surface area contributed by atoms with Crippen LogP contribution in [0.2, 0.25) is 0 Å². The van der Waals surface area contributed by atoms with Crippen molar-refractivity contribution in [3.8, 4) is 0 Å². The first-order valence-electron chi connectivity index (χ1n) is 7.08. The summed E-state index contributed by atoms with van der Waals surface area (Å²) >= 11 is 0. The van der Waals surface area contributed by atoms with Crippen molar-refractivity contribution < 1.29 is 0 Å². The van der Waals surface area contributed by atoms with Crippen LogP contribution >= 0.6 is 7.92 Å². The molecule has 0 saturated heterocycles. The van der Waals surface area contributed by atoms with E-state index < -0.39 is 7.92 Å². The lowest BCUT2D eigenvalue weighted by Crippen LogP contribution is -2.19. The predicted octanol–water partition coefficient (Wildman–Crippen LogP) is 3.92. The highest BCUT2D eigenvalue weighted by Crippen LogP contribution is 2.56. The van der Waals surface area contributed by atoms with Gasteiger partial charge in [0.15, 0.2) is 0 Å². The zero-order valence-corrected chi connectivity index (χ0v) is 12.9. The molecule has 1 nitrogen and oxygen atoms in total. The molecule has 3 rings (SSSR count). The van der Waals surface area contributed by atoms with Crippen LogP contribution in [0, 0.1) is 6.42 Å². The van der Waals surface area contributed by atoms with E-state index in [-0.39, 0.29) is 6.04 Å². The fraction of sp³-hybridized carbons (Fsp3) is 0.158. The zero-order valence-electron chi connectivity index (χ0n) is 12.0. The molecule has 2 aliphatic carbocycles. The van der Waals surface area contributed by atoms with E-state index in [4.69, 9.17) is 5.73 Å². The van der Waals surface area contributed by atoms with Crippen LogP contribution in [0.3, 0.4) is 0 Å². The first kappa shape index (κ1) is 14.1. The number of nitrogens with two attached hydrogens (primary N) is 1. The second kappa shape index (κ2) is 6.30. The summed E-state index contributed by atoms with van der Waals surface area (Å²) in [5.41, 5.74) is 16.6. The molecule has 2 atom stereocenters. The Labute approximate surface area is 127 Å². The van der Waals surface area contributed by atoms with Crippen LogP contribution in [0.1, 0.15) is 13.3 Å². The maximum absolute atomic E-state index is 6.10. The lowest BCUT2D eigenvalue weighted by Gasteiger charge is -2.25. The van der Waals surface area contributed by atoms with Gasteiger partial charge in [-0.2, -0.15) is 0 Å². The van der Waals surface area contributed by atoms with E-state index in [9.17, 15) is 0 Å². The number of hydrogen-bond donors (Lipinski definition) is 1. The molecule has 0 heterocycles. The third kappa shape index (κ3) is 2.94. The van der Waals surface area contributed by atoms with E-state index in [1.165, 1.54) is 15.9 Å². The van der Waals surface area contributed by atoms with Gasteiger partial charge in [0.05, 0.1) is 0 Å². The van der Waals surface area contributed by atoms with Crippen molar-refractivity contribution in [1.82, 2.24) is 0 Å². The molecule has 0 aromatic heterocycles. The standard InChI is InChI=1S/C19H17NP/c1-15(20)18-13-8-14-19(18)21(16-9-4-2-5-10-16)17-11-6-3-7-12-17/h2-7,9-11,15H,12,20H2,1H3/t15-,21?/m0/s1. The average molecular weight is 290 g/mol. The van der Waals surface area contributed by atoms with Gasteiger partial charge in [-0.25, -0.2) is 0 Å². The third-order valence-corrected chi connectivity index (χ3v) is 6.00. The molecule has 1 unspecified atom stereocenters. The fourth-order valence-corrected chi connectivity index (χ4v) is 5.01. The minimum Gasteiger partial charge on any atom is -0.324 e. The Morgan fingerprint density at radius 3 is 2.67 bits per heavy atom. The second-order valence-electron chi connectivity index (χ2n) is 5.08. The highest BCUT2D eigenvalue weighted by molar-refractivity contribution is 7.74. The quantitative estimate of drug-likeness (QED) is 0.660. The summed E-state index contributed by atoms with van der Waals surface area (Å²) in [7, 11) is -0.605. The van der Waals surface area contributed by atoms with Gasteiger partial charge in [-0.3, -0.25) is 0 Å². The van der Waals surface area contributed by atoms with Crippen LogP contribution in [-0.2, 0) is 0 Å². The van der Waals surface area contributed by atoms with Crippen molar-refractivity contribution in [2.45, 2.75) is 19.4 Å². The van der Waals surface area contributed by atoms with Gasteiger partial charge in [0.2, 0.25) is 0 Å². The van der Waals surface area contributed by atoms with Crippen LogP contribution in [0.15, 0.2) is 82.0 Å². The number of hydrogen-bond acceptors (Lipinski definition) is 1. The highest BCUT2D eigenvalue weighted by atomic mass is 31.1. The monoisotopic (exact) mass is 290 g/mol. The summed E-state index contributed by atoms with van der Waals surface area (Å²) in [5, 5.41) is 3.92. The fourth-order valence-electron chi connectivity index (χ4n) is 2.47. The van der Waals surface area contributed by atoms with Crippen LogP contribution in [0.5, 0.6) is 0 Å². The molecule has 21 heavy (non-hydrogen) atoms. The summed E-state index contributed by atoms with van der Waals surface area (Å²) in [6.07, 6.45) is 9.62. The Morgan fingerprint density at radius 2 is 2.00 bits per heavy atom. The summed E-state index contributed by atoms with van der Waals surface area (Å²) in [6.45, 7) is 2.00. The van der Waals surface area contributed by atoms with Crippen molar-refractivity contribution in [1.29, 1.82) is 0 Å². The first-order valence-corrected chi connectivity index (χ1v) is 8.42. The third-order valence-electron chi connectivity index (χ3n) is 3.48. The van der Waals surface area contributed by atoms with Gasteiger partial charge in [0, 0.05) is 23.3 Å². The van der Waals surface area contributed by atoms with E-state index in [0.29, 0.717) is 0 Å². The van der Waals surface area contributed by atoms with Crippen LogP contribution in [-0.4, -0.2) is 6.04 Å². The highest BCUT2D eigenvalue weighted by Gasteiger charge is 2.26. The van der Waals surface area contributed by atoms with Gasteiger partial charge >= 0.3 is 0 Å². The molecule has 2 aliphatic rings. The van der Waals surface area contributed by atoms with Crippen molar-refractivity contribution in [3.63, 3.8) is 0 Å². The number of rotatable bonds is 4. The van der Waals surface area contributed by atoms with Crippen LogP contribution in [0.25, 0.3) is 0 Å². The van der Waals surface area contributed by atoms with Crippen LogP contribution < -0.4 is 11.0 Å². The van der Waals surface area contributed by atoms with Gasteiger partial charge in [-0.15, -0.1) is 0 Å². The Kier molecular flexibility index (Phi) is 4.23. The Morgan fingerprint density at radius 1 is 1.19 bits per heavy atom. The van der Waals surface area contributed by atoms with E-state index in [1.54, 1.807) is 0 Å². The van der Waals surface area contributed by atoms with E-state index in [2.05, 4.69) is 72.2 Å². The Hall–Kier alpha value is -1.83. The lowest BCUT2D eigenvalue weighted by atomic mass is 10.1. The SMILES string of the molecule is C[C@H](N)C1=C=C=C=C1P(C1=C[CH]C=CC1)c1ccccc1. The van der Waals surface area contributed by atoms with Gasteiger partial charge in [0.25, 0.3) is 0 Å². The minimum atomic E-state index is -0.605. The lowest BCUT2D eigenvalue weighted by molar-refractivity contribution is 0.885. The van der Waals surface area contributed by atoms with Crippen molar-refractivity contribution >= 4 is 13.2 Å². The number of benzene rings is 1. The van der Waals surface area contributed by atoms with E-state index in [1.807, 2.05) is 6.92 Å². The molecule has 1 aromatic carbocycles. The molecule has 0 spiro atoms. The zero-order chi connectivity index (χ0) is 14.7. The topological polar surface area (TPSA) is 26.0 Å². The predicted molar refractivity (Wildman–Crippen MR) is 90.4 cm³/mol. The normalized spacial score (nSPS) is 19.0. The van der Waals surface area contributed by atoms with Gasteiger partial charge in [-0.1, -0.05) is 60.0 Å². The van der Waals surface area contributed by atoms with Crippen molar-refractivity contribution in [2.24, 2.45) is 5.73 Å². The summed E-state index contributed by atoms with van der Waals surface area (Å²) in [5.74, 6) is 0. The summed E-state index contributed by atoms with van der Waals surface area (Å²) in [4.78, 5) is 0. The maximum atomic E-state index is 6.10. The Bertz CT molecular complexity index is 733.